The Morgan fingerprint density at radius 3 is 2.57 bits per heavy atom. The Morgan fingerprint density at radius 1 is 1.00 bits per heavy atom. The quantitative estimate of drug-likeness (QED) is 0.917. The molecule has 0 aliphatic carbocycles. The third-order valence-corrected chi connectivity index (χ3v) is 4.44. The third-order valence-electron chi connectivity index (χ3n) is 4.44. The monoisotopic (exact) mass is 311 g/mol. The van der Waals surface area contributed by atoms with Crippen molar-refractivity contribution in [2.75, 3.05) is 44.2 Å². The summed E-state index contributed by atoms with van der Waals surface area (Å²) in [5.41, 5.74) is 2.43. The van der Waals surface area contributed by atoms with E-state index in [1.807, 2.05) is 12.3 Å². The highest BCUT2D eigenvalue weighted by Gasteiger charge is 2.23. The number of aromatic nitrogens is 1. The average molecular weight is 311 g/mol. The van der Waals surface area contributed by atoms with Gasteiger partial charge < -0.3 is 10.0 Å². The molecule has 2 aromatic rings. The first-order valence-corrected chi connectivity index (χ1v) is 8.38. The number of aliphatic hydroxyl groups is 1. The molecular formula is C19H25N3O. The predicted molar refractivity (Wildman–Crippen MR) is 93.6 cm³/mol. The number of hydrogen-bond acceptors (Lipinski definition) is 4. The number of benzene rings is 1. The highest BCUT2D eigenvalue weighted by atomic mass is 16.3. The van der Waals surface area contributed by atoms with Crippen LogP contribution in [0.4, 0.5) is 5.69 Å². The van der Waals surface area contributed by atoms with Gasteiger partial charge >= 0.3 is 0 Å². The number of aliphatic hydroxyl groups excluding tert-OH is 1. The summed E-state index contributed by atoms with van der Waals surface area (Å²) in [4.78, 5) is 9.32. The smallest absolute Gasteiger partial charge is 0.0558 e. The van der Waals surface area contributed by atoms with Gasteiger partial charge in [0.25, 0.3) is 0 Å². The average Bonchev–Trinajstić information content (AvgIpc) is 2.79. The second kappa shape index (κ2) is 8.09. The van der Waals surface area contributed by atoms with Crippen molar-refractivity contribution in [2.24, 2.45) is 5.92 Å². The first kappa shape index (κ1) is 16.0. The lowest BCUT2D eigenvalue weighted by atomic mass is 10.0. The van der Waals surface area contributed by atoms with Crippen LogP contribution in [0.1, 0.15) is 5.69 Å². The molecule has 1 aliphatic rings. The molecule has 4 nitrogen and oxygen atoms in total. The van der Waals surface area contributed by atoms with Crippen molar-refractivity contribution >= 4 is 5.69 Å². The Bertz CT molecular complexity index is 576. The van der Waals surface area contributed by atoms with E-state index in [2.05, 4.69) is 57.2 Å². The maximum absolute atomic E-state index is 9.30. The molecule has 0 bridgehead atoms. The Balaban J connectivity index is 1.74. The number of hydrogen-bond donors (Lipinski definition) is 1. The first-order valence-electron chi connectivity index (χ1n) is 8.38. The van der Waals surface area contributed by atoms with Crippen LogP contribution in [0.15, 0.2) is 54.7 Å². The van der Waals surface area contributed by atoms with Crippen LogP contribution in [0, 0.1) is 5.92 Å². The van der Waals surface area contributed by atoms with Crippen LogP contribution in [0.2, 0.25) is 0 Å². The van der Waals surface area contributed by atoms with E-state index in [0.717, 1.165) is 44.8 Å². The highest BCUT2D eigenvalue weighted by Crippen LogP contribution is 2.20. The lowest BCUT2D eigenvalue weighted by molar-refractivity contribution is 0.189. The van der Waals surface area contributed by atoms with Gasteiger partial charge in [0.05, 0.1) is 6.61 Å². The molecular weight excluding hydrogens is 286 g/mol. The van der Waals surface area contributed by atoms with Gasteiger partial charge in [0, 0.05) is 50.3 Å². The second-order valence-electron chi connectivity index (χ2n) is 6.20. The van der Waals surface area contributed by atoms with Crippen molar-refractivity contribution in [1.82, 2.24) is 9.88 Å². The minimum Gasteiger partial charge on any atom is -0.395 e. The van der Waals surface area contributed by atoms with Gasteiger partial charge in [-0.05, 0) is 36.6 Å². The van der Waals surface area contributed by atoms with Gasteiger partial charge in [-0.2, -0.15) is 0 Å². The fraction of sp³-hybridized carbons (Fsp3) is 0.421. The lowest BCUT2D eigenvalue weighted by Gasteiger charge is -2.26. The van der Waals surface area contributed by atoms with E-state index in [4.69, 9.17) is 0 Å². The fourth-order valence-corrected chi connectivity index (χ4v) is 3.34. The zero-order chi connectivity index (χ0) is 15.9. The van der Waals surface area contributed by atoms with Gasteiger partial charge in [0.1, 0.15) is 0 Å². The Morgan fingerprint density at radius 2 is 1.83 bits per heavy atom. The Labute approximate surface area is 138 Å². The minimum atomic E-state index is 0.224. The van der Waals surface area contributed by atoms with Crippen LogP contribution in [0.25, 0.3) is 0 Å². The van der Waals surface area contributed by atoms with E-state index < -0.39 is 0 Å². The second-order valence-corrected chi connectivity index (χ2v) is 6.20. The summed E-state index contributed by atoms with van der Waals surface area (Å²) in [5, 5.41) is 9.30. The van der Waals surface area contributed by atoms with Crippen molar-refractivity contribution in [3.05, 3.63) is 60.4 Å². The number of nitrogens with zero attached hydrogens (tertiary/aromatic N) is 3. The number of anilines is 1. The highest BCUT2D eigenvalue weighted by molar-refractivity contribution is 5.46. The molecule has 1 aliphatic heterocycles. The molecule has 4 heteroatoms. The maximum Gasteiger partial charge on any atom is 0.0558 e. The van der Waals surface area contributed by atoms with Gasteiger partial charge in [0.2, 0.25) is 0 Å². The van der Waals surface area contributed by atoms with Gasteiger partial charge in [-0.3, -0.25) is 9.88 Å². The third kappa shape index (κ3) is 4.53. The van der Waals surface area contributed by atoms with Crippen LogP contribution in [-0.4, -0.2) is 54.3 Å². The van der Waals surface area contributed by atoms with Crippen molar-refractivity contribution in [3.8, 4) is 0 Å². The van der Waals surface area contributed by atoms with Gasteiger partial charge in [-0.15, -0.1) is 0 Å². The largest absolute Gasteiger partial charge is 0.395 e. The van der Waals surface area contributed by atoms with Crippen LogP contribution < -0.4 is 4.90 Å². The summed E-state index contributed by atoms with van der Waals surface area (Å²) in [7, 11) is 0. The van der Waals surface area contributed by atoms with Crippen molar-refractivity contribution in [1.29, 1.82) is 0 Å². The number of para-hydroxylation sites is 1. The van der Waals surface area contributed by atoms with Crippen LogP contribution >= 0.6 is 0 Å². The van der Waals surface area contributed by atoms with Crippen molar-refractivity contribution < 1.29 is 5.11 Å². The van der Waals surface area contributed by atoms with E-state index in [1.54, 1.807) is 0 Å². The molecule has 1 fully saturated rings. The van der Waals surface area contributed by atoms with E-state index in [1.165, 1.54) is 5.69 Å². The number of pyridine rings is 1. The molecule has 1 atom stereocenters. The summed E-state index contributed by atoms with van der Waals surface area (Å²) in [6.07, 6.45) is 2.85. The van der Waals surface area contributed by atoms with Crippen LogP contribution in [0.3, 0.4) is 0 Å². The van der Waals surface area contributed by atoms with E-state index in [9.17, 15) is 5.11 Å². The van der Waals surface area contributed by atoms with Gasteiger partial charge in [0.15, 0.2) is 0 Å². The Kier molecular flexibility index (Phi) is 5.61. The topological polar surface area (TPSA) is 39.6 Å². The van der Waals surface area contributed by atoms with Gasteiger partial charge in [-0.25, -0.2) is 0 Å². The molecule has 1 N–H and O–H groups in total. The zero-order valence-corrected chi connectivity index (χ0v) is 13.5. The first-order chi connectivity index (χ1) is 11.3. The summed E-state index contributed by atoms with van der Waals surface area (Å²) in [6, 6.07) is 16.7. The van der Waals surface area contributed by atoms with Crippen molar-refractivity contribution in [2.45, 2.75) is 6.42 Å². The SMILES string of the molecule is OCCN1CCN(c2ccccc2)CC(Cc2ccccn2)C1. The van der Waals surface area contributed by atoms with Crippen LogP contribution in [-0.2, 0) is 6.42 Å². The molecule has 2 heterocycles. The molecule has 1 aromatic carbocycles. The number of β-amino-alcohol motifs (C(OH)–C–C–N with tert-alkyl or cyclic N) is 1. The molecule has 1 unspecified atom stereocenters. The molecule has 23 heavy (non-hydrogen) atoms. The molecule has 0 amide bonds. The predicted octanol–water partition coefficient (Wildman–Crippen LogP) is 2.05. The molecule has 0 saturated carbocycles. The maximum atomic E-state index is 9.30. The number of rotatable bonds is 5. The van der Waals surface area contributed by atoms with Crippen LogP contribution in [0.5, 0.6) is 0 Å². The molecule has 0 spiro atoms. The van der Waals surface area contributed by atoms with Gasteiger partial charge in [-0.1, -0.05) is 24.3 Å². The fourth-order valence-electron chi connectivity index (χ4n) is 3.34. The summed E-state index contributed by atoms with van der Waals surface area (Å²) >= 11 is 0. The molecule has 122 valence electrons. The van der Waals surface area contributed by atoms with E-state index >= 15 is 0 Å². The van der Waals surface area contributed by atoms with E-state index in [0.29, 0.717) is 5.92 Å². The normalized spacial score (nSPS) is 19.5. The summed E-state index contributed by atoms with van der Waals surface area (Å²) in [5.74, 6) is 0.513. The molecule has 1 saturated heterocycles. The van der Waals surface area contributed by atoms with Crippen molar-refractivity contribution in [3.63, 3.8) is 0 Å². The Hall–Kier alpha value is -1.91. The molecule has 1 aromatic heterocycles. The van der Waals surface area contributed by atoms with E-state index in [-0.39, 0.29) is 6.61 Å². The lowest BCUT2D eigenvalue weighted by Crippen LogP contribution is -2.33. The molecule has 0 radical (unpaired) electrons. The minimum absolute atomic E-state index is 0.224. The zero-order valence-electron chi connectivity index (χ0n) is 13.5. The summed E-state index contributed by atoms with van der Waals surface area (Å²) < 4.78 is 0. The standard InChI is InChI=1S/C19H25N3O/c23-13-12-21-10-11-22(19-7-2-1-3-8-19)16-17(15-21)14-18-6-4-5-9-20-18/h1-9,17,23H,10-16H2. The summed E-state index contributed by atoms with van der Waals surface area (Å²) in [6.45, 7) is 5.02. The molecule has 3 rings (SSSR count).